The second kappa shape index (κ2) is 6.53. The molecular weight excluding hydrogens is 378 g/mol. The number of methoxy groups -OCH3 is 1. The first-order valence-corrected chi connectivity index (χ1v) is 9.38. The van der Waals surface area contributed by atoms with Crippen molar-refractivity contribution in [2.45, 2.75) is 32.6 Å². The number of nitrogens with one attached hydrogen (secondary N) is 1. The minimum Gasteiger partial charge on any atom is -0.496 e. The lowest BCUT2D eigenvalue weighted by Gasteiger charge is -2.18. The van der Waals surface area contributed by atoms with Gasteiger partial charge in [0.15, 0.2) is 0 Å². The van der Waals surface area contributed by atoms with Crippen LogP contribution in [0, 0.1) is 27.7 Å². The van der Waals surface area contributed by atoms with Crippen molar-refractivity contribution in [3.63, 3.8) is 0 Å². The molecule has 124 valence electrons. The Labute approximate surface area is 146 Å². The van der Waals surface area contributed by atoms with Crippen molar-refractivity contribution in [3.05, 3.63) is 51.0 Å². The van der Waals surface area contributed by atoms with E-state index in [4.69, 9.17) is 4.74 Å². The molecule has 23 heavy (non-hydrogen) atoms. The van der Waals surface area contributed by atoms with Crippen LogP contribution in [0.5, 0.6) is 5.75 Å². The molecule has 2 aromatic carbocycles. The first kappa shape index (κ1) is 17.8. The highest BCUT2D eigenvalue weighted by molar-refractivity contribution is 9.10. The molecule has 0 spiro atoms. The van der Waals surface area contributed by atoms with E-state index in [9.17, 15) is 8.42 Å². The van der Waals surface area contributed by atoms with Gasteiger partial charge in [-0.1, -0.05) is 22.0 Å². The van der Waals surface area contributed by atoms with Gasteiger partial charge in [-0.25, -0.2) is 8.42 Å². The van der Waals surface area contributed by atoms with Crippen molar-refractivity contribution in [2.24, 2.45) is 0 Å². The van der Waals surface area contributed by atoms with Crippen LogP contribution < -0.4 is 9.46 Å². The highest BCUT2D eigenvalue weighted by atomic mass is 79.9. The van der Waals surface area contributed by atoms with E-state index in [1.807, 2.05) is 26.0 Å². The van der Waals surface area contributed by atoms with Gasteiger partial charge in [0.05, 0.1) is 17.7 Å². The predicted molar refractivity (Wildman–Crippen MR) is 96.9 cm³/mol. The molecule has 0 unspecified atom stereocenters. The van der Waals surface area contributed by atoms with Gasteiger partial charge >= 0.3 is 0 Å². The minimum absolute atomic E-state index is 0.301. The average molecular weight is 398 g/mol. The maximum absolute atomic E-state index is 12.9. The Balaban J connectivity index is 2.57. The summed E-state index contributed by atoms with van der Waals surface area (Å²) in [5.74, 6) is 0.692. The van der Waals surface area contributed by atoms with E-state index in [1.165, 1.54) is 0 Å². The molecule has 2 rings (SSSR count). The third-order valence-electron chi connectivity index (χ3n) is 3.91. The topological polar surface area (TPSA) is 55.4 Å². The largest absolute Gasteiger partial charge is 0.496 e. The Kier molecular flexibility index (Phi) is 5.06. The van der Waals surface area contributed by atoms with Crippen LogP contribution in [0.2, 0.25) is 0 Å². The van der Waals surface area contributed by atoms with Crippen LogP contribution in [0.3, 0.4) is 0 Å². The Morgan fingerprint density at radius 2 is 1.65 bits per heavy atom. The van der Waals surface area contributed by atoms with Crippen LogP contribution in [0.4, 0.5) is 5.69 Å². The molecule has 1 N–H and O–H groups in total. The summed E-state index contributed by atoms with van der Waals surface area (Å²) in [4.78, 5) is 0.301. The normalized spacial score (nSPS) is 11.4. The third kappa shape index (κ3) is 3.53. The number of halogens is 1. The van der Waals surface area contributed by atoms with Gasteiger partial charge in [-0.3, -0.25) is 4.72 Å². The minimum atomic E-state index is -3.69. The lowest BCUT2D eigenvalue weighted by Crippen LogP contribution is -2.17. The van der Waals surface area contributed by atoms with Gasteiger partial charge in [0.2, 0.25) is 0 Å². The Morgan fingerprint density at radius 1 is 1.00 bits per heavy atom. The number of hydrogen-bond donors (Lipinski definition) is 1. The molecular formula is C17H20BrNO3S. The fourth-order valence-electron chi connectivity index (χ4n) is 2.55. The first-order valence-electron chi connectivity index (χ1n) is 7.11. The zero-order chi connectivity index (χ0) is 17.4. The standard InChI is InChI=1S/C17H20BrNO3S/c1-10-6-7-14(18)9-15(10)19-23(20,21)17-11(2)8-16(22-5)12(3)13(17)4/h6-9,19H,1-5H3. The highest BCUT2D eigenvalue weighted by Crippen LogP contribution is 2.32. The quantitative estimate of drug-likeness (QED) is 0.826. The summed E-state index contributed by atoms with van der Waals surface area (Å²) in [6, 6.07) is 7.25. The van der Waals surface area contributed by atoms with Crippen LogP contribution in [0.15, 0.2) is 33.6 Å². The van der Waals surface area contributed by atoms with Gasteiger partial charge in [-0.2, -0.15) is 0 Å². The zero-order valence-electron chi connectivity index (χ0n) is 13.8. The predicted octanol–water partition coefficient (Wildman–Crippen LogP) is 4.49. The molecule has 6 heteroatoms. The molecule has 0 radical (unpaired) electrons. The molecule has 4 nitrogen and oxygen atoms in total. The second-order valence-electron chi connectivity index (χ2n) is 5.54. The number of sulfonamides is 1. The highest BCUT2D eigenvalue weighted by Gasteiger charge is 2.23. The van der Waals surface area contributed by atoms with E-state index in [0.717, 1.165) is 15.6 Å². The van der Waals surface area contributed by atoms with Gasteiger partial charge in [-0.05, 0) is 68.1 Å². The number of rotatable bonds is 4. The van der Waals surface area contributed by atoms with Crippen molar-refractivity contribution in [3.8, 4) is 5.75 Å². The summed E-state index contributed by atoms with van der Waals surface area (Å²) in [5, 5.41) is 0. The zero-order valence-corrected chi connectivity index (χ0v) is 16.2. The van der Waals surface area contributed by atoms with E-state index < -0.39 is 10.0 Å². The van der Waals surface area contributed by atoms with Crippen molar-refractivity contribution in [1.82, 2.24) is 0 Å². The maximum atomic E-state index is 12.9. The molecule has 0 aliphatic carbocycles. The monoisotopic (exact) mass is 397 g/mol. The van der Waals surface area contributed by atoms with Gasteiger partial charge in [0.25, 0.3) is 10.0 Å². The smallest absolute Gasteiger partial charge is 0.262 e. The molecule has 0 saturated carbocycles. The number of benzene rings is 2. The fourth-order valence-corrected chi connectivity index (χ4v) is 4.56. The summed E-state index contributed by atoms with van der Waals surface area (Å²) < 4.78 is 34.6. The maximum Gasteiger partial charge on any atom is 0.262 e. The molecule has 0 heterocycles. The van der Waals surface area contributed by atoms with E-state index in [2.05, 4.69) is 20.7 Å². The van der Waals surface area contributed by atoms with Crippen LogP contribution in [0.25, 0.3) is 0 Å². The second-order valence-corrected chi connectivity index (χ2v) is 8.07. The van der Waals surface area contributed by atoms with Crippen molar-refractivity contribution in [2.75, 3.05) is 11.8 Å². The van der Waals surface area contributed by atoms with E-state index in [1.54, 1.807) is 33.1 Å². The summed E-state index contributed by atoms with van der Waals surface area (Å²) in [6.07, 6.45) is 0. The van der Waals surface area contributed by atoms with Gasteiger partial charge in [0, 0.05) is 4.47 Å². The summed E-state index contributed by atoms with van der Waals surface area (Å²) in [7, 11) is -2.11. The molecule has 0 aliphatic heterocycles. The summed E-state index contributed by atoms with van der Waals surface area (Å²) in [5.41, 5.74) is 3.60. The number of ether oxygens (including phenoxy) is 1. The fraction of sp³-hybridized carbons (Fsp3) is 0.294. The Morgan fingerprint density at radius 3 is 2.26 bits per heavy atom. The van der Waals surface area contributed by atoms with Crippen LogP contribution in [0.1, 0.15) is 22.3 Å². The van der Waals surface area contributed by atoms with Gasteiger partial charge in [-0.15, -0.1) is 0 Å². The molecule has 0 atom stereocenters. The third-order valence-corrected chi connectivity index (χ3v) is 6.06. The van der Waals surface area contributed by atoms with E-state index in [0.29, 0.717) is 27.5 Å². The lowest BCUT2D eigenvalue weighted by atomic mass is 10.1. The van der Waals surface area contributed by atoms with Gasteiger partial charge < -0.3 is 4.74 Å². The number of hydrogen-bond acceptors (Lipinski definition) is 3. The first-order chi connectivity index (χ1) is 10.7. The van der Waals surface area contributed by atoms with E-state index >= 15 is 0 Å². The number of anilines is 1. The van der Waals surface area contributed by atoms with Crippen molar-refractivity contribution in [1.29, 1.82) is 0 Å². The SMILES string of the molecule is COc1cc(C)c(S(=O)(=O)Nc2cc(Br)ccc2C)c(C)c1C. The summed E-state index contributed by atoms with van der Waals surface area (Å²) >= 11 is 3.37. The van der Waals surface area contributed by atoms with Crippen molar-refractivity contribution >= 4 is 31.6 Å². The average Bonchev–Trinajstić information content (AvgIpc) is 2.46. The molecule has 2 aromatic rings. The van der Waals surface area contributed by atoms with Crippen LogP contribution in [-0.2, 0) is 10.0 Å². The van der Waals surface area contributed by atoms with Gasteiger partial charge in [0.1, 0.15) is 5.75 Å². The Bertz CT molecular complexity index is 861. The molecule has 0 bridgehead atoms. The van der Waals surface area contributed by atoms with Crippen LogP contribution >= 0.6 is 15.9 Å². The molecule has 0 aliphatic rings. The lowest BCUT2D eigenvalue weighted by molar-refractivity contribution is 0.410. The van der Waals surface area contributed by atoms with Crippen LogP contribution in [-0.4, -0.2) is 15.5 Å². The molecule has 0 fully saturated rings. The molecule has 0 aromatic heterocycles. The molecule has 0 amide bonds. The van der Waals surface area contributed by atoms with E-state index in [-0.39, 0.29) is 0 Å². The Hall–Kier alpha value is -1.53. The molecule has 0 saturated heterocycles. The number of aryl methyl sites for hydroxylation is 2. The summed E-state index contributed by atoms with van der Waals surface area (Å²) in [6.45, 7) is 7.30. The van der Waals surface area contributed by atoms with Crippen molar-refractivity contribution < 1.29 is 13.2 Å².